The Balaban J connectivity index is 1.97. The van der Waals surface area contributed by atoms with E-state index in [4.69, 9.17) is 9.47 Å². The zero-order chi connectivity index (χ0) is 17.7. The number of aryl methyl sites for hydroxylation is 1. The molecule has 0 aliphatic heterocycles. The summed E-state index contributed by atoms with van der Waals surface area (Å²) in [4.78, 5) is 23.8. The van der Waals surface area contributed by atoms with Gasteiger partial charge < -0.3 is 9.47 Å². The fraction of sp³-hybridized carbons (Fsp3) is 0.222. The summed E-state index contributed by atoms with van der Waals surface area (Å²) in [6.07, 6.45) is -0.470. The Morgan fingerprint density at radius 1 is 1.00 bits per heavy atom. The molecule has 0 spiro atoms. The first-order valence-electron chi connectivity index (χ1n) is 7.24. The predicted octanol–water partition coefficient (Wildman–Crippen LogP) is 3.85. The number of esters is 1. The number of rotatable bonds is 6. The van der Waals surface area contributed by atoms with Gasteiger partial charge in [0.25, 0.3) is 0 Å². The predicted molar refractivity (Wildman–Crippen MR) is 83.3 cm³/mol. The van der Waals surface area contributed by atoms with Crippen molar-refractivity contribution >= 4 is 11.8 Å². The van der Waals surface area contributed by atoms with Gasteiger partial charge in [0.15, 0.2) is 17.3 Å². The minimum atomic E-state index is -0.950. The van der Waals surface area contributed by atoms with Gasteiger partial charge in [0, 0.05) is 12.5 Å². The van der Waals surface area contributed by atoms with Gasteiger partial charge in [-0.05, 0) is 36.8 Å². The van der Waals surface area contributed by atoms with Crippen LogP contribution in [0.5, 0.6) is 11.5 Å². The van der Waals surface area contributed by atoms with E-state index < -0.39 is 23.4 Å². The van der Waals surface area contributed by atoms with E-state index >= 15 is 0 Å². The van der Waals surface area contributed by atoms with E-state index in [1.165, 1.54) is 7.11 Å². The molecule has 0 aliphatic carbocycles. The largest absolute Gasteiger partial charge is 0.493 e. The van der Waals surface area contributed by atoms with Crippen molar-refractivity contribution in [3.8, 4) is 11.5 Å². The molecule has 2 aromatic rings. The van der Waals surface area contributed by atoms with E-state index in [9.17, 15) is 18.4 Å². The monoisotopic (exact) mass is 334 g/mol. The van der Waals surface area contributed by atoms with Crippen LogP contribution in [0.1, 0.15) is 28.8 Å². The fourth-order valence-corrected chi connectivity index (χ4v) is 2.10. The van der Waals surface area contributed by atoms with Crippen molar-refractivity contribution in [1.29, 1.82) is 0 Å². The quantitative estimate of drug-likeness (QED) is 0.457. The zero-order valence-electron chi connectivity index (χ0n) is 13.3. The summed E-state index contributed by atoms with van der Waals surface area (Å²) in [6.45, 7) is 1.87. The molecule has 24 heavy (non-hydrogen) atoms. The van der Waals surface area contributed by atoms with E-state index in [0.717, 1.165) is 17.7 Å². The van der Waals surface area contributed by atoms with Gasteiger partial charge in [0.2, 0.25) is 0 Å². The first kappa shape index (κ1) is 17.6. The molecule has 0 saturated carbocycles. The first-order valence-corrected chi connectivity index (χ1v) is 7.24. The van der Waals surface area contributed by atoms with Gasteiger partial charge in [-0.1, -0.05) is 6.07 Å². The highest BCUT2D eigenvalue weighted by Gasteiger charge is 2.16. The molecule has 4 nitrogen and oxygen atoms in total. The van der Waals surface area contributed by atoms with Crippen molar-refractivity contribution in [3.63, 3.8) is 0 Å². The molecule has 0 aromatic heterocycles. The number of halogens is 2. The molecule has 0 aliphatic rings. The van der Waals surface area contributed by atoms with Crippen LogP contribution in [-0.2, 0) is 4.79 Å². The molecule has 0 heterocycles. The maximum Gasteiger partial charge on any atom is 0.311 e. The number of carbonyl (C=O) groups is 2. The number of hydrogen-bond acceptors (Lipinski definition) is 4. The van der Waals surface area contributed by atoms with E-state index in [1.54, 1.807) is 18.2 Å². The fourth-order valence-electron chi connectivity index (χ4n) is 2.10. The number of benzene rings is 2. The molecule has 2 rings (SSSR count). The van der Waals surface area contributed by atoms with E-state index in [-0.39, 0.29) is 24.2 Å². The lowest BCUT2D eigenvalue weighted by molar-refractivity contribution is -0.134. The van der Waals surface area contributed by atoms with Crippen LogP contribution in [0.4, 0.5) is 8.78 Å². The van der Waals surface area contributed by atoms with Crippen LogP contribution >= 0.6 is 0 Å². The number of ketones is 1. The third-order valence-electron chi connectivity index (χ3n) is 3.33. The van der Waals surface area contributed by atoms with Crippen molar-refractivity contribution in [2.75, 3.05) is 7.11 Å². The normalized spacial score (nSPS) is 10.3. The molecule has 0 N–H and O–H groups in total. The second-order valence-corrected chi connectivity index (χ2v) is 5.18. The van der Waals surface area contributed by atoms with Gasteiger partial charge in [-0.3, -0.25) is 9.59 Å². The lowest BCUT2D eigenvalue weighted by Gasteiger charge is -2.09. The minimum absolute atomic E-state index is 0.229. The molecule has 0 saturated heterocycles. The summed E-state index contributed by atoms with van der Waals surface area (Å²) >= 11 is 0. The summed E-state index contributed by atoms with van der Waals surface area (Å²) in [7, 11) is 1.45. The third kappa shape index (κ3) is 4.38. The standard InChI is InChI=1S/C18H16F2O4/c1-11-3-7-16(17(9-11)23-2)24-18(22)8-6-15(21)13-5-4-12(19)10-14(13)20/h3-5,7,9-10H,6,8H2,1-2H3. The average Bonchev–Trinajstić information content (AvgIpc) is 2.54. The van der Waals surface area contributed by atoms with Crippen LogP contribution in [0.25, 0.3) is 0 Å². The Morgan fingerprint density at radius 3 is 2.42 bits per heavy atom. The van der Waals surface area contributed by atoms with Crippen molar-refractivity contribution < 1.29 is 27.8 Å². The van der Waals surface area contributed by atoms with Crippen LogP contribution in [0, 0.1) is 18.6 Å². The highest BCUT2D eigenvalue weighted by atomic mass is 19.1. The second-order valence-electron chi connectivity index (χ2n) is 5.18. The average molecular weight is 334 g/mol. The third-order valence-corrected chi connectivity index (χ3v) is 3.33. The first-order chi connectivity index (χ1) is 11.4. The summed E-state index contributed by atoms with van der Waals surface area (Å²) in [5.41, 5.74) is 0.686. The number of Topliss-reactive ketones (excluding diaryl/α,β-unsaturated/α-hetero) is 1. The number of methoxy groups -OCH3 is 1. The number of hydrogen-bond donors (Lipinski definition) is 0. The highest BCUT2D eigenvalue weighted by molar-refractivity contribution is 5.97. The molecule has 0 amide bonds. The lowest BCUT2D eigenvalue weighted by Crippen LogP contribution is -2.12. The molecule has 0 fully saturated rings. The van der Waals surface area contributed by atoms with E-state index in [1.807, 2.05) is 6.92 Å². The van der Waals surface area contributed by atoms with Gasteiger partial charge in [-0.25, -0.2) is 8.78 Å². The maximum atomic E-state index is 13.5. The Hall–Kier alpha value is -2.76. The minimum Gasteiger partial charge on any atom is -0.493 e. The molecule has 6 heteroatoms. The van der Waals surface area contributed by atoms with Gasteiger partial charge in [-0.2, -0.15) is 0 Å². The van der Waals surface area contributed by atoms with Gasteiger partial charge in [0.05, 0.1) is 19.1 Å². The van der Waals surface area contributed by atoms with Crippen LogP contribution in [-0.4, -0.2) is 18.9 Å². The molecule has 0 bridgehead atoms. The molecule has 0 unspecified atom stereocenters. The smallest absolute Gasteiger partial charge is 0.311 e. The molecule has 2 aromatic carbocycles. The Morgan fingerprint density at radius 2 is 1.75 bits per heavy atom. The van der Waals surface area contributed by atoms with Crippen molar-refractivity contribution in [2.24, 2.45) is 0 Å². The summed E-state index contributed by atoms with van der Waals surface area (Å²) in [6, 6.07) is 7.73. The highest BCUT2D eigenvalue weighted by Crippen LogP contribution is 2.28. The Labute approximate surface area is 138 Å². The Kier molecular flexibility index (Phi) is 5.63. The van der Waals surface area contributed by atoms with Gasteiger partial charge >= 0.3 is 5.97 Å². The van der Waals surface area contributed by atoms with Gasteiger partial charge in [-0.15, -0.1) is 0 Å². The van der Waals surface area contributed by atoms with Crippen molar-refractivity contribution in [2.45, 2.75) is 19.8 Å². The van der Waals surface area contributed by atoms with Crippen LogP contribution in [0.2, 0.25) is 0 Å². The number of ether oxygens (including phenoxy) is 2. The Bertz CT molecular complexity index is 772. The van der Waals surface area contributed by atoms with Crippen LogP contribution in [0.3, 0.4) is 0 Å². The van der Waals surface area contributed by atoms with E-state index in [0.29, 0.717) is 11.8 Å². The van der Waals surface area contributed by atoms with Crippen molar-refractivity contribution in [3.05, 3.63) is 59.2 Å². The maximum absolute atomic E-state index is 13.5. The molecular weight excluding hydrogens is 318 g/mol. The molecule has 0 radical (unpaired) electrons. The summed E-state index contributed by atoms with van der Waals surface area (Å²) in [5.74, 6) is -2.32. The van der Waals surface area contributed by atoms with Crippen molar-refractivity contribution in [1.82, 2.24) is 0 Å². The topological polar surface area (TPSA) is 52.6 Å². The molecule has 0 atom stereocenters. The zero-order valence-corrected chi connectivity index (χ0v) is 13.3. The van der Waals surface area contributed by atoms with Gasteiger partial charge in [0.1, 0.15) is 11.6 Å². The number of carbonyl (C=O) groups excluding carboxylic acids is 2. The summed E-state index contributed by atoms with van der Waals surface area (Å²) in [5, 5.41) is 0. The van der Waals surface area contributed by atoms with Crippen LogP contribution < -0.4 is 9.47 Å². The lowest BCUT2D eigenvalue weighted by atomic mass is 10.1. The van der Waals surface area contributed by atoms with E-state index in [2.05, 4.69) is 0 Å². The molecular formula is C18H16F2O4. The van der Waals surface area contributed by atoms with Crippen LogP contribution in [0.15, 0.2) is 36.4 Å². The summed E-state index contributed by atoms with van der Waals surface area (Å²) < 4.78 is 36.6. The molecule has 126 valence electrons. The SMILES string of the molecule is COc1cc(C)ccc1OC(=O)CCC(=O)c1ccc(F)cc1F. The second kappa shape index (κ2) is 7.68.